The highest BCUT2D eigenvalue weighted by Crippen LogP contribution is 2.65. The first-order chi connectivity index (χ1) is 27.3. The van der Waals surface area contributed by atoms with Crippen LogP contribution >= 0.6 is 11.3 Å². The number of hydrogen-bond donors (Lipinski definition) is 0. The highest BCUT2D eigenvalue weighted by molar-refractivity contribution is 7.21. The highest BCUT2D eigenvalue weighted by Gasteiger charge is 2.52. The van der Waals surface area contributed by atoms with Crippen LogP contribution in [-0.4, -0.2) is 4.98 Å². The van der Waals surface area contributed by atoms with Gasteiger partial charge in [0, 0.05) is 5.56 Å². The number of rotatable bonds is 3. The van der Waals surface area contributed by atoms with E-state index in [0.717, 1.165) is 22.5 Å². The molecule has 1 spiro atoms. The number of aromatic nitrogens is 1. The summed E-state index contributed by atoms with van der Waals surface area (Å²) in [6, 6.07) is 67.7. The van der Waals surface area contributed by atoms with Gasteiger partial charge in [-0.15, -0.1) is 11.3 Å². The maximum absolute atomic E-state index is 4.90. The van der Waals surface area contributed by atoms with E-state index in [9.17, 15) is 0 Å². The van der Waals surface area contributed by atoms with Gasteiger partial charge in [-0.05, 0) is 114 Å². The van der Waals surface area contributed by atoms with Gasteiger partial charge in [-0.25, -0.2) is 4.98 Å². The van der Waals surface area contributed by atoms with Crippen molar-refractivity contribution >= 4 is 27.1 Å². The Labute approximate surface area is 324 Å². The van der Waals surface area contributed by atoms with Gasteiger partial charge in [-0.3, -0.25) is 0 Å². The topological polar surface area (TPSA) is 12.9 Å². The van der Waals surface area contributed by atoms with E-state index in [0.29, 0.717) is 0 Å². The van der Waals surface area contributed by atoms with Crippen molar-refractivity contribution < 1.29 is 0 Å². The van der Waals surface area contributed by atoms with Crippen LogP contribution in [0.4, 0.5) is 0 Å². The predicted molar refractivity (Wildman–Crippen MR) is 229 cm³/mol. The zero-order chi connectivity index (χ0) is 36.1. The molecule has 0 radical (unpaired) electrons. The van der Waals surface area contributed by atoms with Gasteiger partial charge >= 0.3 is 0 Å². The lowest BCUT2D eigenvalue weighted by atomic mass is 9.70. The van der Waals surface area contributed by atoms with E-state index in [4.69, 9.17) is 4.98 Å². The molecule has 0 N–H and O–H groups in total. The summed E-state index contributed by atoms with van der Waals surface area (Å²) in [5.41, 5.74) is 23.0. The Kier molecular flexibility index (Phi) is 6.55. The van der Waals surface area contributed by atoms with Crippen molar-refractivity contribution in [2.24, 2.45) is 0 Å². The van der Waals surface area contributed by atoms with Crippen molar-refractivity contribution in [3.05, 3.63) is 227 Å². The van der Waals surface area contributed by atoms with Crippen molar-refractivity contribution in [3.8, 4) is 55.1 Å². The number of fused-ring (bicyclic) bond motifs is 15. The normalized spacial score (nSPS) is 14.0. The SMILES string of the molecule is C1=C(c2cccc(-c3ccc(-c4nc5ccccc5s4)cc3)c2)c2ccc3c(c2-c2ccccc2C1)-c1ccccc1C31c2ccccc2-c2ccccc21. The lowest BCUT2D eigenvalue weighted by Crippen LogP contribution is -2.25. The molecule has 0 atom stereocenters. The summed E-state index contributed by atoms with van der Waals surface area (Å²) in [4.78, 5) is 4.90. The molecule has 1 nitrogen and oxygen atoms in total. The Balaban J connectivity index is 1.04. The van der Waals surface area contributed by atoms with Gasteiger partial charge in [0.2, 0.25) is 0 Å². The molecule has 256 valence electrons. The van der Waals surface area contributed by atoms with E-state index in [1.54, 1.807) is 11.3 Å². The van der Waals surface area contributed by atoms with E-state index < -0.39 is 0 Å². The Hall–Kier alpha value is -6.61. The molecule has 9 aromatic rings. The summed E-state index contributed by atoms with van der Waals surface area (Å²) >= 11 is 1.75. The lowest BCUT2D eigenvalue weighted by Gasteiger charge is -2.31. The monoisotopic (exact) mass is 715 g/mol. The maximum atomic E-state index is 4.90. The Bertz CT molecular complexity index is 2990. The summed E-state index contributed by atoms with van der Waals surface area (Å²) < 4.78 is 1.22. The molecular weight excluding hydrogens is 683 g/mol. The molecule has 2 heteroatoms. The number of allylic oxidation sites excluding steroid dienone is 1. The first kappa shape index (κ1) is 30.8. The van der Waals surface area contributed by atoms with E-state index in [-0.39, 0.29) is 5.41 Å². The molecule has 0 aliphatic heterocycles. The molecule has 0 unspecified atom stereocenters. The van der Waals surface area contributed by atoms with Gasteiger partial charge in [-0.2, -0.15) is 0 Å². The highest BCUT2D eigenvalue weighted by atomic mass is 32.1. The van der Waals surface area contributed by atoms with Gasteiger partial charge in [0.25, 0.3) is 0 Å². The number of benzene rings is 8. The first-order valence-corrected chi connectivity index (χ1v) is 19.9. The molecule has 1 aromatic heterocycles. The standard InChI is InChI=1S/C53H33NS/c1-2-15-39-34(12-1)28-29-38(37-14-11-13-36(32-37)33-24-26-35(27-25-33)52-54-48-22-9-10-23-49(48)55-52)42-30-31-47-51(50(39)42)43-18-5-8-21-46(43)53(47)44-19-6-3-16-40(44)41-17-4-7-20-45(41)53/h1-27,29-32H,28H2. The summed E-state index contributed by atoms with van der Waals surface area (Å²) in [5, 5.41) is 1.06. The summed E-state index contributed by atoms with van der Waals surface area (Å²) in [6.45, 7) is 0. The summed E-state index contributed by atoms with van der Waals surface area (Å²) in [7, 11) is 0. The third-order valence-corrected chi connectivity index (χ3v) is 13.3. The quantitative estimate of drug-likeness (QED) is 0.177. The van der Waals surface area contributed by atoms with Crippen molar-refractivity contribution in [1.29, 1.82) is 0 Å². The third-order valence-electron chi connectivity index (χ3n) is 12.2. The van der Waals surface area contributed by atoms with E-state index >= 15 is 0 Å². The number of hydrogen-bond acceptors (Lipinski definition) is 2. The molecule has 55 heavy (non-hydrogen) atoms. The fourth-order valence-electron chi connectivity index (χ4n) is 9.89. The minimum atomic E-state index is -0.378. The zero-order valence-corrected chi connectivity index (χ0v) is 30.8. The maximum Gasteiger partial charge on any atom is 0.124 e. The molecular formula is C53H33NS. The van der Waals surface area contributed by atoms with E-state index in [1.165, 1.54) is 93.7 Å². The number of nitrogens with zero attached hydrogens (tertiary/aromatic N) is 1. The van der Waals surface area contributed by atoms with Gasteiger partial charge in [0.05, 0.1) is 15.6 Å². The molecule has 12 rings (SSSR count). The molecule has 0 bridgehead atoms. The summed E-state index contributed by atoms with van der Waals surface area (Å²) in [5.74, 6) is 0. The molecule has 0 amide bonds. The molecule has 1 heterocycles. The van der Waals surface area contributed by atoms with Crippen LogP contribution in [0.3, 0.4) is 0 Å². The van der Waals surface area contributed by atoms with Gasteiger partial charge in [0.1, 0.15) is 5.01 Å². The Morgan fingerprint density at radius 1 is 0.418 bits per heavy atom. The van der Waals surface area contributed by atoms with Crippen molar-refractivity contribution in [2.75, 3.05) is 0 Å². The van der Waals surface area contributed by atoms with E-state index in [2.05, 4.69) is 188 Å². The smallest absolute Gasteiger partial charge is 0.124 e. The van der Waals surface area contributed by atoms with Crippen LogP contribution < -0.4 is 0 Å². The number of thiazole rings is 1. The second kappa shape index (κ2) is 11.7. The van der Waals surface area contributed by atoms with Crippen molar-refractivity contribution in [2.45, 2.75) is 11.8 Å². The van der Waals surface area contributed by atoms with Crippen LogP contribution in [0.1, 0.15) is 38.9 Å². The van der Waals surface area contributed by atoms with Gasteiger partial charge in [0.15, 0.2) is 0 Å². The molecule has 8 aromatic carbocycles. The largest absolute Gasteiger partial charge is 0.236 e. The van der Waals surface area contributed by atoms with Crippen molar-refractivity contribution in [1.82, 2.24) is 4.98 Å². The fraction of sp³-hybridized carbons (Fsp3) is 0.0377. The summed E-state index contributed by atoms with van der Waals surface area (Å²) in [6.07, 6.45) is 3.33. The van der Waals surface area contributed by atoms with Gasteiger partial charge in [-0.1, -0.05) is 170 Å². The van der Waals surface area contributed by atoms with Crippen LogP contribution in [0.2, 0.25) is 0 Å². The second-order valence-electron chi connectivity index (χ2n) is 14.9. The van der Waals surface area contributed by atoms with Crippen LogP contribution in [0.15, 0.2) is 188 Å². The molecule has 3 aliphatic carbocycles. The average Bonchev–Trinajstić information content (AvgIpc) is 3.87. The first-order valence-electron chi connectivity index (χ1n) is 19.1. The average molecular weight is 716 g/mol. The van der Waals surface area contributed by atoms with Crippen LogP contribution in [0.5, 0.6) is 0 Å². The molecule has 3 aliphatic rings. The zero-order valence-electron chi connectivity index (χ0n) is 30.0. The van der Waals surface area contributed by atoms with E-state index in [1.807, 2.05) is 0 Å². The van der Waals surface area contributed by atoms with Crippen LogP contribution in [0, 0.1) is 0 Å². The minimum absolute atomic E-state index is 0.378. The van der Waals surface area contributed by atoms with Crippen molar-refractivity contribution in [3.63, 3.8) is 0 Å². The third kappa shape index (κ3) is 4.32. The predicted octanol–water partition coefficient (Wildman–Crippen LogP) is 13.6. The number of para-hydroxylation sites is 1. The van der Waals surface area contributed by atoms with Crippen LogP contribution in [-0.2, 0) is 11.8 Å². The molecule has 0 saturated carbocycles. The van der Waals surface area contributed by atoms with Gasteiger partial charge < -0.3 is 0 Å². The van der Waals surface area contributed by atoms with Crippen LogP contribution in [0.25, 0.3) is 70.9 Å². The molecule has 0 saturated heterocycles. The Morgan fingerprint density at radius 3 is 1.80 bits per heavy atom. The fourth-order valence-corrected chi connectivity index (χ4v) is 10.9. The molecule has 0 fully saturated rings. The minimum Gasteiger partial charge on any atom is -0.236 e. The lowest BCUT2D eigenvalue weighted by molar-refractivity contribution is 0.794. The Morgan fingerprint density at radius 2 is 1.04 bits per heavy atom. The second-order valence-corrected chi connectivity index (χ2v) is 16.0.